The lowest BCUT2D eigenvalue weighted by Crippen LogP contribution is -2.42. The third-order valence-corrected chi connectivity index (χ3v) is 5.61. The molecule has 23 heavy (non-hydrogen) atoms. The number of halogens is 1. The van der Waals surface area contributed by atoms with E-state index >= 15 is 0 Å². The third kappa shape index (κ3) is 3.22. The van der Waals surface area contributed by atoms with Gasteiger partial charge in [-0.3, -0.25) is 4.79 Å². The summed E-state index contributed by atoms with van der Waals surface area (Å²) in [6.07, 6.45) is 3.43. The molecule has 120 valence electrons. The summed E-state index contributed by atoms with van der Waals surface area (Å²) < 4.78 is 6.39. The lowest BCUT2D eigenvalue weighted by molar-refractivity contribution is 0.0931. The van der Waals surface area contributed by atoms with Crippen LogP contribution in [0.25, 0.3) is 0 Å². The average molecular weight is 349 g/mol. The summed E-state index contributed by atoms with van der Waals surface area (Å²) in [5, 5.41) is 7.41. The van der Waals surface area contributed by atoms with Crippen molar-refractivity contribution in [2.45, 2.75) is 37.4 Å². The van der Waals surface area contributed by atoms with Crippen LogP contribution in [0.1, 0.15) is 29.6 Å². The maximum absolute atomic E-state index is 12.4. The van der Waals surface area contributed by atoms with E-state index in [1.165, 1.54) is 17.8 Å². The molecule has 0 saturated carbocycles. The lowest BCUT2D eigenvalue weighted by atomic mass is 9.95. The molecule has 3 atom stereocenters. The van der Waals surface area contributed by atoms with Crippen LogP contribution in [-0.2, 0) is 0 Å². The van der Waals surface area contributed by atoms with Gasteiger partial charge in [0, 0.05) is 23.7 Å². The molecule has 1 aromatic heterocycles. The molecule has 2 N–H and O–H groups in total. The van der Waals surface area contributed by atoms with Crippen LogP contribution in [0.5, 0.6) is 10.8 Å². The molecule has 2 bridgehead atoms. The van der Waals surface area contributed by atoms with Gasteiger partial charge in [-0.2, -0.15) is 0 Å². The topological polar surface area (TPSA) is 50.4 Å². The van der Waals surface area contributed by atoms with Gasteiger partial charge in [0.05, 0.1) is 4.34 Å². The maximum atomic E-state index is 12.4. The summed E-state index contributed by atoms with van der Waals surface area (Å²) in [5.74, 6) is 0.678. The van der Waals surface area contributed by atoms with Crippen molar-refractivity contribution in [2.75, 3.05) is 0 Å². The number of hydrogen-bond donors (Lipinski definition) is 2. The van der Waals surface area contributed by atoms with Gasteiger partial charge in [-0.25, -0.2) is 0 Å². The van der Waals surface area contributed by atoms with Gasteiger partial charge in [-0.15, -0.1) is 0 Å². The second-order valence-electron chi connectivity index (χ2n) is 6.05. The number of amides is 1. The molecule has 1 amide bonds. The standard InChI is InChI=1S/C17H17ClN2O2S/c18-15-7-8-16(23-15)22-12-4-1-10(2-5-12)17(21)20-14-9-11-3-6-13(14)19-11/h1-2,4-5,7-8,11,13-14,19H,3,6,9H2,(H,20,21)/t11-,13+,14-/m1/s1. The normalized spacial score (nSPS) is 25.5. The number of carbonyl (C=O) groups excluding carboxylic acids is 1. The summed E-state index contributed by atoms with van der Waals surface area (Å²) in [6.45, 7) is 0. The zero-order valence-electron chi connectivity index (χ0n) is 12.4. The molecule has 2 aromatic rings. The lowest BCUT2D eigenvalue weighted by Gasteiger charge is -2.21. The molecule has 4 rings (SSSR count). The van der Waals surface area contributed by atoms with Crippen LogP contribution in [0.3, 0.4) is 0 Å². The highest BCUT2D eigenvalue weighted by molar-refractivity contribution is 7.17. The van der Waals surface area contributed by atoms with Crippen LogP contribution in [0.4, 0.5) is 0 Å². The highest BCUT2D eigenvalue weighted by Crippen LogP contribution is 2.32. The van der Waals surface area contributed by atoms with Crippen molar-refractivity contribution < 1.29 is 9.53 Å². The number of carbonyl (C=O) groups is 1. The Labute approximate surface area is 143 Å². The van der Waals surface area contributed by atoms with Crippen molar-refractivity contribution in [1.82, 2.24) is 10.6 Å². The number of thiophene rings is 1. The van der Waals surface area contributed by atoms with Crippen molar-refractivity contribution in [1.29, 1.82) is 0 Å². The van der Waals surface area contributed by atoms with Gasteiger partial charge in [0.2, 0.25) is 0 Å². The number of rotatable bonds is 4. The Hall–Kier alpha value is -1.56. The molecule has 0 radical (unpaired) electrons. The van der Waals surface area contributed by atoms with Crippen LogP contribution < -0.4 is 15.4 Å². The Morgan fingerprint density at radius 2 is 2.04 bits per heavy atom. The minimum atomic E-state index is -0.0185. The molecule has 0 unspecified atom stereocenters. The second-order valence-corrected chi connectivity index (χ2v) is 7.73. The first-order chi connectivity index (χ1) is 11.2. The number of nitrogens with one attached hydrogen (secondary N) is 2. The average Bonchev–Trinajstić information content (AvgIpc) is 3.25. The predicted molar refractivity (Wildman–Crippen MR) is 91.7 cm³/mol. The van der Waals surface area contributed by atoms with E-state index in [0.717, 1.165) is 17.9 Å². The summed E-state index contributed by atoms with van der Waals surface area (Å²) >= 11 is 7.26. The van der Waals surface area contributed by atoms with Gasteiger partial charge in [-0.1, -0.05) is 22.9 Å². The fourth-order valence-corrected chi connectivity index (χ4v) is 4.27. The monoisotopic (exact) mass is 348 g/mol. The Morgan fingerprint density at radius 1 is 1.22 bits per heavy atom. The van der Waals surface area contributed by atoms with Gasteiger partial charge in [0.25, 0.3) is 5.91 Å². The van der Waals surface area contributed by atoms with E-state index in [9.17, 15) is 4.79 Å². The van der Waals surface area contributed by atoms with E-state index < -0.39 is 0 Å². The fourth-order valence-electron chi connectivity index (χ4n) is 3.38. The van der Waals surface area contributed by atoms with Crippen molar-refractivity contribution >= 4 is 28.8 Å². The smallest absolute Gasteiger partial charge is 0.251 e. The van der Waals surface area contributed by atoms with Crippen LogP contribution in [0, 0.1) is 0 Å². The Kier molecular flexibility index (Phi) is 4.01. The first kappa shape index (κ1) is 15.0. The van der Waals surface area contributed by atoms with Gasteiger partial charge in [0.1, 0.15) is 5.75 Å². The number of fused-ring (bicyclic) bond motifs is 2. The second kappa shape index (κ2) is 6.15. The third-order valence-electron chi connectivity index (χ3n) is 4.50. The van der Waals surface area contributed by atoms with Crippen LogP contribution in [-0.4, -0.2) is 24.0 Å². The Morgan fingerprint density at radius 3 is 2.65 bits per heavy atom. The van der Waals surface area contributed by atoms with Crippen LogP contribution in [0.2, 0.25) is 4.34 Å². The SMILES string of the molecule is O=C(N[C@@H]1C[C@H]2CC[C@@H]1N2)c1ccc(Oc2ccc(Cl)s2)cc1. The van der Waals surface area contributed by atoms with Crippen LogP contribution >= 0.6 is 22.9 Å². The van der Waals surface area contributed by atoms with Gasteiger partial charge >= 0.3 is 0 Å². The molecule has 0 spiro atoms. The zero-order valence-corrected chi connectivity index (χ0v) is 14.0. The largest absolute Gasteiger partial charge is 0.447 e. The quantitative estimate of drug-likeness (QED) is 0.883. The Bertz CT molecular complexity index is 716. The van der Waals surface area contributed by atoms with Gasteiger partial charge in [0.15, 0.2) is 5.06 Å². The molecular formula is C17H17ClN2O2S. The minimum absolute atomic E-state index is 0.0185. The minimum Gasteiger partial charge on any atom is -0.447 e. The van der Waals surface area contributed by atoms with E-state index in [0.29, 0.717) is 27.7 Å². The van der Waals surface area contributed by atoms with Crippen molar-refractivity contribution in [2.24, 2.45) is 0 Å². The molecule has 2 fully saturated rings. The van der Waals surface area contributed by atoms with E-state index in [1.54, 1.807) is 18.2 Å². The molecule has 6 heteroatoms. The first-order valence-electron chi connectivity index (χ1n) is 7.77. The van der Waals surface area contributed by atoms with E-state index in [-0.39, 0.29) is 11.9 Å². The molecule has 0 aliphatic carbocycles. The summed E-state index contributed by atoms with van der Waals surface area (Å²) in [4.78, 5) is 12.4. The van der Waals surface area contributed by atoms with E-state index in [4.69, 9.17) is 16.3 Å². The van der Waals surface area contributed by atoms with E-state index in [2.05, 4.69) is 10.6 Å². The number of benzene rings is 1. The maximum Gasteiger partial charge on any atom is 0.251 e. The van der Waals surface area contributed by atoms with Crippen molar-refractivity contribution in [3.05, 3.63) is 46.3 Å². The highest BCUT2D eigenvalue weighted by atomic mass is 35.5. The zero-order chi connectivity index (χ0) is 15.8. The summed E-state index contributed by atoms with van der Waals surface area (Å²) in [5.41, 5.74) is 0.657. The van der Waals surface area contributed by atoms with Crippen molar-refractivity contribution in [3.63, 3.8) is 0 Å². The number of ether oxygens (including phenoxy) is 1. The van der Waals surface area contributed by atoms with Crippen molar-refractivity contribution in [3.8, 4) is 10.8 Å². The molecule has 2 saturated heterocycles. The molecule has 4 nitrogen and oxygen atoms in total. The highest BCUT2D eigenvalue weighted by Gasteiger charge is 2.39. The molecule has 3 heterocycles. The predicted octanol–water partition coefficient (Wildman–Crippen LogP) is 3.82. The molecular weight excluding hydrogens is 332 g/mol. The fraction of sp³-hybridized carbons (Fsp3) is 0.353. The van der Waals surface area contributed by atoms with Gasteiger partial charge in [-0.05, 0) is 55.7 Å². The summed E-state index contributed by atoms with van der Waals surface area (Å²) in [6, 6.07) is 12.1. The summed E-state index contributed by atoms with van der Waals surface area (Å²) in [7, 11) is 0. The van der Waals surface area contributed by atoms with Crippen LogP contribution in [0.15, 0.2) is 36.4 Å². The first-order valence-corrected chi connectivity index (χ1v) is 8.97. The molecule has 2 aliphatic heterocycles. The number of hydrogen-bond acceptors (Lipinski definition) is 4. The van der Waals surface area contributed by atoms with E-state index in [1.807, 2.05) is 18.2 Å². The van der Waals surface area contributed by atoms with Gasteiger partial charge < -0.3 is 15.4 Å². The molecule has 2 aliphatic rings. The molecule has 1 aromatic carbocycles. The Balaban J connectivity index is 1.38.